The van der Waals surface area contributed by atoms with Crippen molar-refractivity contribution in [2.45, 2.75) is 0 Å². The standard InChI is InChI=1S/C48H27N3O2/c1-2-8-26(9-3-1)27-14-16-28(17-15-27)51-39-20-18-31-33-22-35-29-10-4-6-12-41(29)52-43(35)24-37(33)49-47(31)45(39)46-40(51)21-19-32-34-23-36-30-11-5-7-13-42(30)53-44(36)25-38(34)50-48(32)46/h1-25,49-50H. The number of aromatic amines is 2. The highest BCUT2D eigenvalue weighted by Gasteiger charge is 2.22. The van der Waals surface area contributed by atoms with Gasteiger partial charge in [-0.1, -0.05) is 91.0 Å². The molecule has 0 radical (unpaired) electrons. The average Bonchev–Trinajstić information content (AvgIpc) is 4.01. The molecule has 5 heteroatoms. The van der Waals surface area contributed by atoms with Crippen LogP contribution in [0.2, 0.25) is 0 Å². The molecule has 0 aliphatic carbocycles. The van der Waals surface area contributed by atoms with Crippen molar-refractivity contribution in [2.24, 2.45) is 0 Å². The molecular weight excluding hydrogens is 651 g/mol. The third-order valence-electron chi connectivity index (χ3n) is 11.5. The van der Waals surface area contributed by atoms with E-state index in [-0.39, 0.29) is 0 Å². The van der Waals surface area contributed by atoms with Gasteiger partial charge in [-0.15, -0.1) is 0 Å². The summed E-state index contributed by atoms with van der Waals surface area (Å²) in [5, 5.41) is 11.7. The van der Waals surface area contributed by atoms with Crippen molar-refractivity contribution in [1.29, 1.82) is 0 Å². The summed E-state index contributed by atoms with van der Waals surface area (Å²) in [4.78, 5) is 7.77. The molecule has 0 atom stereocenters. The zero-order valence-corrected chi connectivity index (χ0v) is 28.2. The molecule has 0 unspecified atom stereocenters. The zero-order valence-electron chi connectivity index (χ0n) is 28.2. The molecule has 5 heterocycles. The predicted molar refractivity (Wildman–Crippen MR) is 219 cm³/mol. The highest BCUT2D eigenvalue weighted by Crippen LogP contribution is 2.45. The summed E-state index contributed by atoms with van der Waals surface area (Å²) in [5.41, 5.74) is 13.7. The highest BCUT2D eigenvalue weighted by atomic mass is 16.3. The van der Waals surface area contributed by atoms with E-state index in [9.17, 15) is 0 Å². The lowest BCUT2D eigenvalue weighted by Gasteiger charge is -2.09. The first-order chi connectivity index (χ1) is 26.2. The van der Waals surface area contributed by atoms with Gasteiger partial charge < -0.3 is 23.4 Å². The second-order valence-electron chi connectivity index (χ2n) is 14.2. The highest BCUT2D eigenvalue weighted by molar-refractivity contribution is 6.33. The molecule has 2 N–H and O–H groups in total. The lowest BCUT2D eigenvalue weighted by molar-refractivity contribution is 0.669. The largest absolute Gasteiger partial charge is 0.456 e. The smallest absolute Gasteiger partial charge is 0.137 e. The fraction of sp³-hybridized carbons (Fsp3) is 0. The molecule has 0 aliphatic rings. The van der Waals surface area contributed by atoms with Crippen molar-refractivity contribution in [3.63, 3.8) is 0 Å². The topological polar surface area (TPSA) is 62.8 Å². The number of furan rings is 2. The zero-order chi connectivity index (χ0) is 34.4. The van der Waals surface area contributed by atoms with E-state index in [2.05, 4.69) is 142 Å². The van der Waals surface area contributed by atoms with Crippen LogP contribution >= 0.6 is 0 Å². The van der Waals surface area contributed by atoms with Gasteiger partial charge >= 0.3 is 0 Å². The Kier molecular flexibility index (Phi) is 5.06. The quantitative estimate of drug-likeness (QED) is 0.191. The van der Waals surface area contributed by atoms with E-state index in [1.54, 1.807) is 0 Å². The molecule has 13 rings (SSSR count). The van der Waals surface area contributed by atoms with Gasteiger partial charge in [0.15, 0.2) is 0 Å². The third kappa shape index (κ3) is 3.60. The predicted octanol–water partition coefficient (Wildman–Crippen LogP) is 13.5. The van der Waals surface area contributed by atoms with E-state index in [0.29, 0.717) is 0 Å². The summed E-state index contributed by atoms with van der Waals surface area (Å²) in [7, 11) is 0. The van der Waals surface area contributed by atoms with E-state index in [4.69, 9.17) is 8.83 Å². The third-order valence-corrected chi connectivity index (χ3v) is 11.5. The van der Waals surface area contributed by atoms with Crippen LogP contribution in [0, 0.1) is 0 Å². The fourth-order valence-corrected chi connectivity index (χ4v) is 9.08. The van der Waals surface area contributed by atoms with Crippen LogP contribution in [-0.2, 0) is 0 Å². The monoisotopic (exact) mass is 677 g/mol. The van der Waals surface area contributed by atoms with Crippen LogP contribution in [0.3, 0.4) is 0 Å². The van der Waals surface area contributed by atoms with Gasteiger partial charge in [0.25, 0.3) is 0 Å². The Balaban J connectivity index is 1.15. The van der Waals surface area contributed by atoms with Crippen LogP contribution in [0.25, 0.3) is 126 Å². The maximum atomic E-state index is 6.33. The molecule has 0 amide bonds. The molecule has 5 aromatic heterocycles. The van der Waals surface area contributed by atoms with Crippen molar-refractivity contribution in [3.05, 3.63) is 152 Å². The minimum Gasteiger partial charge on any atom is -0.456 e. The summed E-state index contributed by atoms with van der Waals surface area (Å²) in [5.74, 6) is 0. The summed E-state index contributed by atoms with van der Waals surface area (Å²) in [6.45, 7) is 0. The number of nitrogens with one attached hydrogen (secondary N) is 2. The lowest BCUT2D eigenvalue weighted by Crippen LogP contribution is -1.93. The molecule has 5 nitrogen and oxygen atoms in total. The summed E-state index contributed by atoms with van der Waals surface area (Å²) < 4.78 is 15.1. The van der Waals surface area contributed by atoms with Gasteiger partial charge in [0, 0.05) is 71.7 Å². The Bertz CT molecular complexity index is 3460. The van der Waals surface area contributed by atoms with E-state index in [1.165, 1.54) is 43.4 Å². The Hall–Kier alpha value is -7.24. The maximum Gasteiger partial charge on any atom is 0.137 e. The van der Waals surface area contributed by atoms with Crippen LogP contribution in [0.5, 0.6) is 0 Å². The first kappa shape index (κ1) is 27.5. The van der Waals surface area contributed by atoms with Crippen LogP contribution in [0.4, 0.5) is 0 Å². The molecule has 0 fully saturated rings. The number of rotatable bonds is 2. The summed E-state index contributed by atoms with van der Waals surface area (Å²) in [6, 6.07) is 54.1. The Morgan fingerprint density at radius 1 is 0.358 bits per heavy atom. The number of fused-ring (bicyclic) bond motifs is 17. The molecule has 8 aromatic carbocycles. The van der Waals surface area contributed by atoms with Crippen molar-refractivity contribution in [1.82, 2.24) is 14.5 Å². The summed E-state index contributed by atoms with van der Waals surface area (Å²) >= 11 is 0. The molecule has 0 aliphatic heterocycles. The second kappa shape index (κ2) is 9.75. The number of hydrogen-bond acceptors (Lipinski definition) is 2. The van der Waals surface area contributed by atoms with Gasteiger partial charge in [-0.05, 0) is 59.7 Å². The first-order valence-electron chi connectivity index (χ1n) is 18.0. The number of benzene rings is 8. The van der Waals surface area contributed by atoms with Gasteiger partial charge in [0.2, 0.25) is 0 Å². The Morgan fingerprint density at radius 2 is 0.849 bits per heavy atom. The van der Waals surface area contributed by atoms with Crippen LogP contribution in [-0.4, -0.2) is 14.5 Å². The maximum absolute atomic E-state index is 6.33. The average molecular weight is 678 g/mol. The van der Waals surface area contributed by atoms with Crippen molar-refractivity contribution in [3.8, 4) is 16.8 Å². The Labute approximate surface area is 300 Å². The van der Waals surface area contributed by atoms with Gasteiger partial charge in [0.05, 0.1) is 33.1 Å². The molecule has 0 saturated heterocycles. The molecule has 13 aromatic rings. The minimum atomic E-state index is 0.886. The molecule has 53 heavy (non-hydrogen) atoms. The molecular formula is C48H27N3O2. The normalized spacial score (nSPS) is 12.5. The van der Waals surface area contributed by atoms with Gasteiger partial charge in [-0.2, -0.15) is 0 Å². The molecule has 0 spiro atoms. The van der Waals surface area contributed by atoms with E-state index in [1.807, 2.05) is 24.3 Å². The number of aromatic nitrogens is 3. The van der Waals surface area contributed by atoms with Crippen LogP contribution in [0.1, 0.15) is 0 Å². The van der Waals surface area contributed by atoms with Gasteiger partial charge in [0.1, 0.15) is 22.3 Å². The van der Waals surface area contributed by atoms with Crippen LogP contribution < -0.4 is 0 Å². The summed E-state index contributed by atoms with van der Waals surface area (Å²) in [6.07, 6.45) is 0. The molecule has 0 saturated carbocycles. The van der Waals surface area contributed by atoms with Gasteiger partial charge in [-0.25, -0.2) is 0 Å². The SMILES string of the molecule is c1ccc(-c2ccc(-n3c4ccc5c6cc7c(cc6[nH]c5c4c4c5[nH]c6cc8oc9ccccc9c8cc6c5ccc43)oc3ccccc37)cc2)cc1. The van der Waals surface area contributed by atoms with Crippen LogP contribution in [0.15, 0.2) is 160 Å². The second-order valence-corrected chi connectivity index (χ2v) is 14.2. The fourth-order valence-electron chi connectivity index (χ4n) is 9.08. The Morgan fingerprint density at radius 3 is 1.40 bits per heavy atom. The number of para-hydroxylation sites is 2. The number of H-pyrrole nitrogens is 2. The van der Waals surface area contributed by atoms with Crippen molar-refractivity contribution in [2.75, 3.05) is 0 Å². The minimum absolute atomic E-state index is 0.886. The van der Waals surface area contributed by atoms with E-state index >= 15 is 0 Å². The first-order valence-corrected chi connectivity index (χ1v) is 18.0. The molecule has 246 valence electrons. The van der Waals surface area contributed by atoms with Crippen molar-refractivity contribution >= 4 is 109 Å². The lowest BCUT2D eigenvalue weighted by atomic mass is 10.0. The van der Waals surface area contributed by atoms with E-state index in [0.717, 1.165) is 82.7 Å². The number of nitrogens with zero attached hydrogens (tertiary/aromatic N) is 1. The van der Waals surface area contributed by atoms with Crippen molar-refractivity contribution < 1.29 is 8.83 Å². The molecule has 0 bridgehead atoms. The number of hydrogen-bond donors (Lipinski definition) is 2. The van der Waals surface area contributed by atoms with E-state index < -0.39 is 0 Å². The van der Waals surface area contributed by atoms with Gasteiger partial charge in [-0.3, -0.25) is 0 Å².